The lowest BCUT2D eigenvalue weighted by molar-refractivity contribution is -0.385. The Labute approximate surface area is 117 Å². The summed E-state index contributed by atoms with van der Waals surface area (Å²) in [6.07, 6.45) is 0.762. The average molecular weight is 284 g/mol. The number of nitro benzene ring substituents is 1. The molecular weight excluding hydrogens is 264 g/mol. The van der Waals surface area contributed by atoms with E-state index in [2.05, 4.69) is 5.32 Å². The molecule has 0 amide bonds. The highest BCUT2D eigenvalue weighted by atomic mass is 16.6. The molecule has 0 aromatic heterocycles. The molecule has 1 aromatic carbocycles. The maximum atomic E-state index is 11.2. The van der Waals surface area contributed by atoms with Crippen molar-refractivity contribution in [2.75, 3.05) is 32.2 Å². The molecule has 0 bridgehead atoms. The van der Waals surface area contributed by atoms with Crippen molar-refractivity contribution in [3.8, 4) is 5.75 Å². The zero-order valence-corrected chi connectivity index (χ0v) is 11.7. The quantitative estimate of drug-likeness (QED) is 0.530. The number of nitro groups is 1. The molecule has 1 atom stereocenters. The van der Waals surface area contributed by atoms with Crippen molar-refractivity contribution in [1.82, 2.24) is 0 Å². The Morgan fingerprint density at radius 1 is 1.50 bits per heavy atom. The minimum absolute atomic E-state index is 0.129. The van der Waals surface area contributed by atoms with Crippen LogP contribution in [-0.4, -0.2) is 43.0 Å². The number of nitrogens with zero attached hydrogens (tertiary/aromatic N) is 1. The predicted octanol–water partition coefficient (Wildman–Crippen LogP) is 1.80. The van der Waals surface area contributed by atoms with Gasteiger partial charge in [-0.1, -0.05) is 13.0 Å². The Hall–Kier alpha value is -1.86. The first-order chi connectivity index (χ1) is 9.63. The second-order valence-corrected chi connectivity index (χ2v) is 4.24. The SMILES string of the molecule is CCCOc1cccc(NC(CO)COC)c1[N+](=O)[O-]. The van der Waals surface area contributed by atoms with Gasteiger partial charge in [0, 0.05) is 7.11 Å². The molecule has 1 unspecified atom stereocenters. The van der Waals surface area contributed by atoms with Gasteiger partial charge < -0.3 is 19.9 Å². The van der Waals surface area contributed by atoms with Crippen LogP contribution in [0.15, 0.2) is 18.2 Å². The van der Waals surface area contributed by atoms with Gasteiger partial charge in [-0.2, -0.15) is 0 Å². The topological polar surface area (TPSA) is 93.9 Å². The number of para-hydroxylation sites is 1. The molecular formula is C13H20N2O5. The smallest absolute Gasteiger partial charge is 0.333 e. The van der Waals surface area contributed by atoms with E-state index in [1.54, 1.807) is 18.2 Å². The first-order valence-corrected chi connectivity index (χ1v) is 6.40. The van der Waals surface area contributed by atoms with Crippen molar-refractivity contribution in [1.29, 1.82) is 0 Å². The Bertz CT molecular complexity index is 439. The number of aliphatic hydroxyl groups is 1. The lowest BCUT2D eigenvalue weighted by Crippen LogP contribution is -2.29. The van der Waals surface area contributed by atoms with Gasteiger partial charge >= 0.3 is 5.69 Å². The van der Waals surface area contributed by atoms with E-state index in [0.29, 0.717) is 12.3 Å². The summed E-state index contributed by atoms with van der Waals surface area (Å²) in [5.41, 5.74) is 0.176. The second kappa shape index (κ2) is 8.34. The average Bonchev–Trinajstić information content (AvgIpc) is 2.44. The largest absolute Gasteiger partial charge is 0.487 e. The molecule has 7 nitrogen and oxygen atoms in total. The first kappa shape index (κ1) is 16.2. The normalized spacial score (nSPS) is 11.9. The van der Waals surface area contributed by atoms with Crippen molar-refractivity contribution in [2.24, 2.45) is 0 Å². The van der Waals surface area contributed by atoms with E-state index in [0.717, 1.165) is 6.42 Å². The van der Waals surface area contributed by atoms with Gasteiger partial charge in [0.05, 0.1) is 30.8 Å². The van der Waals surface area contributed by atoms with Crippen LogP contribution in [0.1, 0.15) is 13.3 Å². The molecule has 0 aliphatic heterocycles. The number of ether oxygens (including phenoxy) is 2. The molecule has 7 heteroatoms. The molecule has 0 aliphatic rings. The van der Waals surface area contributed by atoms with Crippen molar-refractivity contribution < 1.29 is 19.5 Å². The number of rotatable bonds is 9. The van der Waals surface area contributed by atoms with Crippen molar-refractivity contribution >= 4 is 11.4 Å². The number of hydrogen-bond acceptors (Lipinski definition) is 6. The maximum Gasteiger partial charge on any atom is 0.333 e. The fraction of sp³-hybridized carbons (Fsp3) is 0.538. The standard InChI is InChI=1S/C13H20N2O5/c1-3-7-20-12-6-4-5-11(13(12)15(17)18)14-10(8-16)9-19-2/h4-6,10,14,16H,3,7-9H2,1-2H3. The molecule has 1 rings (SSSR count). The van der Waals surface area contributed by atoms with E-state index in [9.17, 15) is 15.2 Å². The number of benzene rings is 1. The van der Waals surface area contributed by atoms with Gasteiger partial charge in [-0.3, -0.25) is 10.1 Å². The van der Waals surface area contributed by atoms with Crippen LogP contribution in [0.5, 0.6) is 5.75 Å². The van der Waals surface area contributed by atoms with Crippen LogP contribution in [0, 0.1) is 10.1 Å². The summed E-state index contributed by atoms with van der Waals surface area (Å²) < 4.78 is 10.3. The van der Waals surface area contributed by atoms with Gasteiger partial charge in [0.15, 0.2) is 5.75 Å². The van der Waals surface area contributed by atoms with Gasteiger partial charge in [0.1, 0.15) is 5.69 Å². The van der Waals surface area contributed by atoms with Crippen LogP contribution in [-0.2, 0) is 4.74 Å². The third-order valence-electron chi connectivity index (χ3n) is 2.59. The summed E-state index contributed by atoms with van der Waals surface area (Å²) in [6, 6.07) is 4.39. The van der Waals surface area contributed by atoms with E-state index >= 15 is 0 Å². The van der Waals surface area contributed by atoms with Crippen LogP contribution in [0.3, 0.4) is 0 Å². The molecule has 20 heavy (non-hydrogen) atoms. The summed E-state index contributed by atoms with van der Waals surface area (Å²) in [6.45, 7) is 2.39. The first-order valence-electron chi connectivity index (χ1n) is 6.40. The zero-order valence-electron chi connectivity index (χ0n) is 11.7. The van der Waals surface area contributed by atoms with Gasteiger partial charge in [-0.25, -0.2) is 0 Å². The highest BCUT2D eigenvalue weighted by Gasteiger charge is 2.22. The third-order valence-corrected chi connectivity index (χ3v) is 2.59. The molecule has 0 spiro atoms. The Morgan fingerprint density at radius 2 is 2.25 bits per heavy atom. The van der Waals surface area contributed by atoms with E-state index in [4.69, 9.17) is 9.47 Å². The molecule has 0 fully saturated rings. The summed E-state index contributed by atoms with van der Waals surface area (Å²) in [4.78, 5) is 10.7. The van der Waals surface area contributed by atoms with E-state index in [1.165, 1.54) is 7.11 Å². The van der Waals surface area contributed by atoms with Gasteiger partial charge in [-0.05, 0) is 18.6 Å². The van der Waals surface area contributed by atoms with Crippen molar-refractivity contribution in [2.45, 2.75) is 19.4 Å². The van der Waals surface area contributed by atoms with E-state index < -0.39 is 11.0 Å². The minimum atomic E-state index is -0.492. The van der Waals surface area contributed by atoms with Crippen LogP contribution in [0.4, 0.5) is 11.4 Å². The molecule has 0 saturated heterocycles. The summed E-state index contributed by atoms with van der Waals surface area (Å²) in [5.74, 6) is 0.218. The Kier molecular flexibility index (Phi) is 6.75. The van der Waals surface area contributed by atoms with Gasteiger partial charge in [0.2, 0.25) is 0 Å². The monoisotopic (exact) mass is 284 g/mol. The lowest BCUT2D eigenvalue weighted by Gasteiger charge is -2.17. The summed E-state index contributed by atoms with van der Waals surface area (Å²) in [7, 11) is 1.50. The van der Waals surface area contributed by atoms with Crippen LogP contribution in [0.2, 0.25) is 0 Å². The highest BCUT2D eigenvalue weighted by molar-refractivity contribution is 5.68. The second-order valence-electron chi connectivity index (χ2n) is 4.24. The molecule has 0 aliphatic carbocycles. The summed E-state index contributed by atoms with van der Waals surface area (Å²) in [5, 5.41) is 23.3. The van der Waals surface area contributed by atoms with Gasteiger partial charge in [-0.15, -0.1) is 0 Å². The van der Waals surface area contributed by atoms with E-state index in [-0.39, 0.29) is 24.7 Å². The van der Waals surface area contributed by atoms with Crippen LogP contribution in [0.25, 0.3) is 0 Å². The molecule has 1 aromatic rings. The fourth-order valence-corrected chi connectivity index (χ4v) is 1.72. The maximum absolute atomic E-state index is 11.2. The van der Waals surface area contributed by atoms with Crippen LogP contribution >= 0.6 is 0 Å². The van der Waals surface area contributed by atoms with Crippen molar-refractivity contribution in [3.05, 3.63) is 28.3 Å². The molecule has 0 heterocycles. The minimum Gasteiger partial charge on any atom is -0.487 e. The van der Waals surface area contributed by atoms with Crippen molar-refractivity contribution in [3.63, 3.8) is 0 Å². The summed E-state index contributed by atoms with van der Waals surface area (Å²) >= 11 is 0. The van der Waals surface area contributed by atoms with E-state index in [1.807, 2.05) is 6.92 Å². The molecule has 2 N–H and O–H groups in total. The van der Waals surface area contributed by atoms with Crippen LogP contribution < -0.4 is 10.1 Å². The Balaban J connectivity index is 3.02. The molecule has 0 saturated carbocycles. The fourth-order valence-electron chi connectivity index (χ4n) is 1.72. The number of methoxy groups -OCH3 is 1. The molecule has 112 valence electrons. The number of nitrogens with one attached hydrogen (secondary N) is 1. The highest BCUT2D eigenvalue weighted by Crippen LogP contribution is 2.35. The van der Waals surface area contributed by atoms with Gasteiger partial charge in [0.25, 0.3) is 0 Å². The zero-order chi connectivity index (χ0) is 15.0. The number of anilines is 1. The molecule has 0 radical (unpaired) electrons. The predicted molar refractivity (Wildman–Crippen MR) is 75.3 cm³/mol. The third kappa shape index (κ3) is 4.36. The number of aliphatic hydroxyl groups excluding tert-OH is 1. The lowest BCUT2D eigenvalue weighted by atomic mass is 10.2. The Morgan fingerprint density at radius 3 is 2.80 bits per heavy atom. The number of hydrogen-bond donors (Lipinski definition) is 2.